The number of aliphatic hydroxyl groups excluding tert-OH is 1. The minimum atomic E-state index is -0.381. The highest BCUT2D eigenvalue weighted by Gasteiger charge is 2.22. The van der Waals surface area contributed by atoms with Crippen molar-refractivity contribution in [2.24, 2.45) is 0 Å². The second-order valence-corrected chi connectivity index (χ2v) is 5.82. The molecule has 0 bridgehead atoms. The van der Waals surface area contributed by atoms with Gasteiger partial charge in [0.1, 0.15) is 0 Å². The van der Waals surface area contributed by atoms with Crippen LogP contribution in [0.15, 0.2) is 28.7 Å². The van der Waals surface area contributed by atoms with E-state index >= 15 is 0 Å². The van der Waals surface area contributed by atoms with Crippen molar-refractivity contribution in [3.05, 3.63) is 34.3 Å². The zero-order chi connectivity index (χ0) is 12.3. The molecular weight excluding hydrogens is 278 g/mol. The first-order chi connectivity index (χ1) is 8.16. The van der Waals surface area contributed by atoms with Crippen molar-refractivity contribution in [2.75, 3.05) is 0 Å². The number of aliphatic hydroxyl groups is 1. The smallest absolute Gasteiger partial charge is 0.0815 e. The van der Waals surface area contributed by atoms with Crippen LogP contribution in [-0.4, -0.2) is 17.2 Å². The Labute approximate surface area is 112 Å². The fourth-order valence-electron chi connectivity index (χ4n) is 2.57. The molecule has 2 N–H and O–H groups in total. The first-order valence-electron chi connectivity index (χ1n) is 6.35. The van der Waals surface area contributed by atoms with E-state index in [1.807, 2.05) is 24.3 Å². The lowest BCUT2D eigenvalue weighted by atomic mass is 9.93. The van der Waals surface area contributed by atoms with Gasteiger partial charge in [-0.05, 0) is 37.8 Å². The Balaban J connectivity index is 1.97. The molecule has 3 unspecified atom stereocenters. The molecule has 94 valence electrons. The van der Waals surface area contributed by atoms with Gasteiger partial charge in [-0.1, -0.05) is 40.5 Å². The van der Waals surface area contributed by atoms with E-state index in [9.17, 15) is 5.11 Å². The van der Waals surface area contributed by atoms with Crippen molar-refractivity contribution >= 4 is 15.9 Å². The Kier molecular flexibility index (Phi) is 4.60. The minimum Gasteiger partial charge on any atom is -0.388 e. The van der Waals surface area contributed by atoms with Gasteiger partial charge in [-0.3, -0.25) is 0 Å². The summed E-state index contributed by atoms with van der Waals surface area (Å²) in [6.45, 7) is 2.22. The maximum atomic E-state index is 10.3. The quantitative estimate of drug-likeness (QED) is 0.896. The summed E-state index contributed by atoms with van der Waals surface area (Å²) in [5.41, 5.74) is 0.993. The molecule has 0 saturated carbocycles. The van der Waals surface area contributed by atoms with Crippen LogP contribution >= 0.6 is 15.9 Å². The van der Waals surface area contributed by atoms with E-state index in [0.29, 0.717) is 12.1 Å². The van der Waals surface area contributed by atoms with Gasteiger partial charge >= 0.3 is 0 Å². The predicted molar refractivity (Wildman–Crippen MR) is 74.0 cm³/mol. The lowest BCUT2D eigenvalue weighted by Gasteiger charge is -2.30. The Morgan fingerprint density at radius 3 is 2.88 bits per heavy atom. The molecule has 1 aliphatic heterocycles. The summed E-state index contributed by atoms with van der Waals surface area (Å²) in [5, 5.41) is 13.8. The molecule has 1 saturated heterocycles. The number of hydrogen-bond acceptors (Lipinski definition) is 2. The number of hydrogen-bond donors (Lipinski definition) is 2. The molecule has 1 aromatic rings. The van der Waals surface area contributed by atoms with Gasteiger partial charge < -0.3 is 10.4 Å². The van der Waals surface area contributed by atoms with Crippen molar-refractivity contribution in [3.8, 4) is 0 Å². The molecule has 1 aromatic carbocycles. The van der Waals surface area contributed by atoms with Crippen LogP contribution in [0, 0.1) is 0 Å². The fourth-order valence-corrected chi connectivity index (χ4v) is 3.12. The van der Waals surface area contributed by atoms with Gasteiger partial charge in [0.25, 0.3) is 0 Å². The van der Waals surface area contributed by atoms with E-state index in [2.05, 4.69) is 28.2 Å². The zero-order valence-electron chi connectivity index (χ0n) is 10.2. The number of benzene rings is 1. The standard InChI is InChI=1S/C14H20BrNO/c1-10-5-4-6-11(16-10)9-14(17)12-7-2-3-8-13(12)15/h2-3,7-8,10-11,14,16-17H,4-6,9H2,1H3. The van der Waals surface area contributed by atoms with Crippen molar-refractivity contribution in [2.45, 2.75) is 50.8 Å². The Morgan fingerprint density at radius 2 is 2.18 bits per heavy atom. The van der Waals surface area contributed by atoms with Crippen molar-refractivity contribution in [3.63, 3.8) is 0 Å². The fraction of sp³-hybridized carbons (Fsp3) is 0.571. The molecule has 0 aromatic heterocycles. The van der Waals surface area contributed by atoms with Crippen LogP contribution in [0.2, 0.25) is 0 Å². The van der Waals surface area contributed by atoms with Gasteiger partial charge in [0, 0.05) is 16.6 Å². The maximum absolute atomic E-state index is 10.3. The third-order valence-corrected chi connectivity index (χ3v) is 4.20. The van der Waals surface area contributed by atoms with Crippen molar-refractivity contribution in [1.82, 2.24) is 5.32 Å². The highest BCUT2D eigenvalue weighted by atomic mass is 79.9. The number of piperidine rings is 1. The van der Waals surface area contributed by atoms with Gasteiger partial charge in [-0.25, -0.2) is 0 Å². The molecule has 0 amide bonds. The van der Waals surface area contributed by atoms with Crippen LogP contribution in [-0.2, 0) is 0 Å². The van der Waals surface area contributed by atoms with Crippen LogP contribution in [0.4, 0.5) is 0 Å². The lowest BCUT2D eigenvalue weighted by Crippen LogP contribution is -2.41. The van der Waals surface area contributed by atoms with Gasteiger partial charge in [0.15, 0.2) is 0 Å². The van der Waals surface area contributed by atoms with Crippen LogP contribution < -0.4 is 5.32 Å². The summed E-state index contributed by atoms with van der Waals surface area (Å²) < 4.78 is 0.997. The van der Waals surface area contributed by atoms with Gasteiger partial charge in [-0.15, -0.1) is 0 Å². The predicted octanol–water partition coefficient (Wildman–Crippen LogP) is 3.40. The highest BCUT2D eigenvalue weighted by Crippen LogP contribution is 2.28. The third-order valence-electron chi connectivity index (χ3n) is 3.48. The first-order valence-corrected chi connectivity index (χ1v) is 7.14. The summed E-state index contributed by atoms with van der Waals surface area (Å²) in [6.07, 6.45) is 4.11. The maximum Gasteiger partial charge on any atom is 0.0815 e. The molecular formula is C14H20BrNO. The molecule has 3 heteroatoms. The normalized spacial score (nSPS) is 26.8. The summed E-state index contributed by atoms with van der Waals surface area (Å²) >= 11 is 3.49. The first kappa shape index (κ1) is 13.1. The minimum absolute atomic E-state index is 0.381. The van der Waals surface area contributed by atoms with Crippen molar-refractivity contribution < 1.29 is 5.11 Å². The summed E-state index contributed by atoms with van der Waals surface area (Å²) in [6, 6.07) is 8.94. The molecule has 0 spiro atoms. The Morgan fingerprint density at radius 1 is 1.41 bits per heavy atom. The average Bonchev–Trinajstić information content (AvgIpc) is 2.29. The van der Waals surface area contributed by atoms with Gasteiger partial charge in [0.2, 0.25) is 0 Å². The summed E-state index contributed by atoms with van der Waals surface area (Å²) in [7, 11) is 0. The molecule has 2 nitrogen and oxygen atoms in total. The van der Waals surface area contributed by atoms with E-state index < -0.39 is 0 Å². The third kappa shape index (κ3) is 3.54. The zero-order valence-corrected chi connectivity index (χ0v) is 11.8. The van der Waals surface area contributed by atoms with E-state index in [4.69, 9.17) is 0 Å². The van der Waals surface area contributed by atoms with E-state index in [1.54, 1.807) is 0 Å². The molecule has 3 atom stereocenters. The van der Waals surface area contributed by atoms with Crippen LogP contribution in [0.5, 0.6) is 0 Å². The summed E-state index contributed by atoms with van der Waals surface area (Å²) in [4.78, 5) is 0. The van der Waals surface area contributed by atoms with Crippen LogP contribution in [0.3, 0.4) is 0 Å². The van der Waals surface area contributed by atoms with Gasteiger partial charge in [0.05, 0.1) is 6.10 Å². The number of rotatable bonds is 3. The second kappa shape index (κ2) is 5.98. The van der Waals surface area contributed by atoms with E-state index in [1.165, 1.54) is 19.3 Å². The second-order valence-electron chi connectivity index (χ2n) is 4.97. The average molecular weight is 298 g/mol. The van der Waals surface area contributed by atoms with E-state index in [0.717, 1.165) is 16.5 Å². The highest BCUT2D eigenvalue weighted by molar-refractivity contribution is 9.10. The molecule has 1 aliphatic rings. The molecule has 1 heterocycles. The number of nitrogens with one attached hydrogen (secondary N) is 1. The monoisotopic (exact) mass is 297 g/mol. The number of halogens is 1. The molecule has 1 fully saturated rings. The summed E-state index contributed by atoms with van der Waals surface area (Å²) in [5.74, 6) is 0. The lowest BCUT2D eigenvalue weighted by molar-refractivity contribution is 0.139. The molecule has 0 radical (unpaired) electrons. The molecule has 17 heavy (non-hydrogen) atoms. The van der Waals surface area contributed by atoms with Crippen LogP contribution in [0.25, 0.3) is 0 Å². The largest absolute Gasteiger partial charge is 0.388 e. The van der Waals surface area contributed by atoms with Crippen LogP contribution in [0.1, 0.15) is 44.3 Å². The van der Waals surface area contributed by atoms with Crippen molar-refractivity contribution in [1.29, 1.82) is 0 Å². The molecule has 0 aliphatic carbocycles. The Hall–Kier alpha value is -0.380. The SMILES string of the molecule is CC1CCCC(CC(O)c2ccccc2Br)N1. The Bertz CT molecular complexity index is 369. The molecule has 2 rings (SSSR count). The van der Waals surface area contributed by atoms with Gasteiger partial charge in [-0.2, -0.15) is 0 Å². The topological polar surface area (TPSA) is 32.3 Å². The van der Waals surface area contributed by atoms with E-state index in [-0.39, 0.29) is 6.10 Å².